The van der Waals surface area contributed by atoms with E-state index >= 15 is 0 Å². The van der Waals surface area contributed by atoms with Crippen LogP contribution in [0.3, 0.4) is 0 Å². The lowest BCUT2D eigenvalue weighted by molar-refractivity contribution is -0.141. The van der Waals surface area contributed by atoms with E-state index < -0.39 is 5.97 Å². The molecular weight excluding hydrogens is 242 g/mol. The normalized spacial score (nSPS) is 21.8. The quantitative estimate of drug-likeness (QED) is 0.920. The molecule has 1 fully saturated rings. The predicted octanol–water partition coefficient (Wildman–Crippen LogP) is 2.90. The van der Waals surface area contributed by atoms with Crippen LogP contribution in [0.2, 0.25) is 0 Å². The highest BCUT2D eigenvalue weighted by Gasteiger charge is 2.32. The second kappa shape index (κ2) is 4.70. The minimum Gasteiger partial charge on any atom is -0.481 e. The zero-order valence-electron chi connectivity index (χ0n) is 10.9. The van der Waals surface area contributed by atoms with E-state index in [2.05, 4.69) is 11.8 Å². The summed E-state index contributed by atoms with van der Waals surface area (Å²) in [4.78, 5) is 13.2. The van der Waals surface area contributed by atoms with Gasteiger partial charge in [0, 0.05) is 11.9 Å². The molecule has 0 aliphatic carbocycles. The summed E-state index contributed by atoms with van der Waals surface area (Å²) in [6, 6.07) is 10.1. The van der Waals surface area contributed by atoms with Crippen molar-refractivity contribution in [1.82, 2.24) is 4.90 Å². The molecule has 2 unspecified atom stereocenters. The number of hydrogen-bond acceptors (Lipinski definition) is 3. The first-order valence-electron chi connectivity index (χ1n) is 6.60. The molecule has 1 aromatic carbocycles. The number of hydrogen-bond donors (Lipinski definition) is 1. The Morgan fingerprint density at radius 1 is 1.47 bits per heavy atom. The van der Waals surface area contributed by atoms with Gasteiger partial charge in [-0.3, -0.25) is 9.69 Å². The van der Waals surface area contributed by atoms with E-state index in [0.29, 0.717) is 6.54 Å². The van der Waals surface area contributed by atoms with Crippen molar-refractivity contribution in [3.63, 3.8) is 0 Å². The molecule has 1 saturated heterocycles. The zero-order chi connectivity index (χ0) is 13.4. The summed E-state index contributed by atoms with van der Waals surface area (Å²) in [5, 5.41) is 10.1. The van der Waals surface area contributed by atoms with Crippen molar-refractivity contribution in [3.8, 4) is 0 Å². The summed E-state index contributed by atoms with van der Waals surface area (Å²) in [5.74, 6) is -0.0293. The Morgan fingerprint density at radius 3 is 2.95 bits per heavy atom. The fourth-order valence-electron chi connectivity index (χ4n) is 2.73. The van der Waals surface area contributed by atoms with Gasteiger partial charge in [0.15, 0.2) is 0 Å². The van der Waals surface area contributed by atoms with E-state index in [4.69, 9.17) is 9.52 Å². The van der Waals surface area contributed by atoms with Gasteiger partial charge in [-0.05, 0) is 32.0 Å². The molecule has 1 aliphatic rings. The van der Waals surface area contributed by atoms with Crippen LogP contribution in [0.1, 0.15) is 25.1 Å². The number of carbonyl (C=O) groups is 1. The number of para-hydroxylation sites is 1. The lowest BCUT2D eigenvalue weighted by Crippen LogP contribution is -2.26. The number of carboxylic acids is 1. The Morgan fingerprint density at radius 2 is 2.26 bits per heavy atom. The molecule has 1 aliphatic heterocycles. The highest BCUT2D eigenvalue weighted by Crippen LogP contribution is 2.31. The number of furan rings is 1. The van der Waals surface area contributed by atoms with Crippen LogP contribution in [-0.4, -0.2) is 29.1 Å². The molecule has 0 radical (unpaired) electrons. The number of rotatable bonds is 3. The maximum absolute atomic E-state index is 11.0. The minimum absolute atomic E-state index is 0.122. The number of nitrogens with zero attached hydrogens (tertiary/aromatic N) is 1. The van der Waals surface area contributed by atoms with Crippen molar-refractivity contribution in [2.24, 2.45) is 5.92 Å². The number of likely N-dealkylation sites (tertiary alicyclic amines) is 1. The monoisotopic (exact) mass is 259 g/mol. The maximum atomic E-state index is 11.0. The summed E-state index contributed by atoms with van der Waals surface area (Å²) >= 11 is 0. The van der Waals surface area contributed by atoms with E-state index in [1.807, 2.05) is 30.3 Å². The van der Waals surface area contributed by atoms with Crippen LogP contribution < -0.4 is 0 Å². The van der Waals surface area contributed by atoms with Gasteiger partial charge in [-0.2, -0.15) is 0 Å². The number of carboxylic acid groups (broad SMARTS) is 1. The highest BCUT2D eigenvalue weighted by atomic mass is 16.4. The standard InChI is InChI=1S/C15H17NO3/c1-10(16-7-6-12(9-16)15(17)18)14-8-11-4-2-3-5-13(11)19-14/h2-5,8,10,12H,6-7,9H2,1H3,(H,17,18). The lowest BCUT2D eigenvalue weighted by Gasteiger charge is -2.21. The van der Waals surface area contributed by atoms with Crippen LogP contribution in [-0.2, 0) is 4.79 Å². The predicted molar refractivity (Wildman–Crippen MR) is 71.9 cm³/mol. The molecule has 0 spiro atoms. The van der Waals surface area contributed by atoms with Gasteiger partial charge >= 0.3 is 5.97 Å². The van der Waals surface area contributed by atoms with Gasteiger partial charge in [0.05, 0.1) is 12.0 Å². The Labute approximate surface area is 111 Å². The van der Waals surface area contributed by atoms with E-state index in [1.54, 1.807) is 0 Å². The van der Waals surface area contributed by atoms with Gasteiger partial charge < -0.3 is 9.52 Å². The summed E-state index contributed by atoms with van der Waals surface area (Å²) < 4.78 is 5.85. The van der Waals surface area contributed by atoms with E-state index in [9.17, 15) is 4.79 Å². The van der Waals surface area contributed by atoms with Gasteiger partial charge in [-0.25, -0.2) is 0 Å². The molecule has 2 aromatic rings. The highest BCUT2D eigenvalue weighted by molar-refractivity contribution is 5.77. The molecular formula is C15H17NO3. The third-order valence-corrected chi connectivity index (χ3v) is 3.97. The fourth-order valence-corrected chi connectivity index (χ4v) is 2.73. The Hall–Kier alpha value is -1.81. The zero-order valence-corrected chi connectivity index (χ0v) is 10.9. The van der Waals surface area contributed by atoms with Gasteiger partial charge in [0.2, 0.25) is 0 Å². The van der Waals surface area contributed by atoms with Crippen LogP contribution in [0.4, 0.5) is 0 Å². The smallest absolute Gasteiger partial charge is 0.307 e. The van der Waals surface area contributed by atoms with Gasteiger partial charge in [0.1, 0.15) is 11.3 Å². The SMILES string of the molecule is CC(c1cc2ccccc2o1)N1CCC(C(=O)O)C1. The number of benzene rings is 1. The largest absolute Gasteiger partial charge is 0.481 e. The summed E-state index contributed by atoms with van der Waals surface area (Å²) in [7, 11) is 0. The molecule has 3 rings (SSSR count). The van der Waals surface area contributed by atoms with Crippen LogP contribution in [0.15, 0.2) is 34.7 Å². The molecule has 2 atom stereocenters. The van der Waals surface area contributed by atoms with E-state index in [1.165, 1.54) is 0 Å². The van der Waals surface area contributed by atoms with Crippen LogP contribution in [0.25, 0.3) is 11.0 Å². The molecule has 0 bridgehead atoms. The average Bonchev–Trinajstić information content (AvgIpc) is 3.04. The average molecular weight is 259 g/mol. The summed E-state index contributed by atoms with van der Waals surface area (Å²) in [5.41, 5.74) is 0.887. The topological polar surface area (TPSA) is 53.7 Å². The molecule has 0 saturated carbocycles. The molecule has 2 heterocycles. The first-order chi connectivity index (χ1) is 9.15. The molecule has 100 valence electrons. The van der Waals surface area contributed by atoms with E-state index in [0.717, 1.165) is 29.7 Å². The molecule has 4 heteroatoms. The second-order valence-corrected chi connectivity index (χ2v) is 5.18. The van der Waals surface area contributed by atoms with Crippen molar-refractivity contribution < 1.29 is 14.3 Å². The van der Waals surface area contributed by atoms with Gasteiger partial charge in [-0.1, -0.05) is 18.2 Å². The van der Waals surface area contributed by atoms with Crippen molar-refractivity contribution in [3.05, 3.63) is 36.1 Å². The molecule has 19 heavy (non-hydrogen) atoms. The summed E-state index contributed by atoms with van der Waals surface area (Å²) in [6.45, 7) is 3.49. The van der Waals surface area contributed by atoms with Crippen molar-refractivity contribution in [1.29, 1.82) is 0 Å². The Kier molecular flexibility index (Phi) is 3.03. The third kappa shape index (κ3) is 2.24. The van der Waals surface area contributed by atoms with E-state index in [-0.39, 0.29) is 12.0 Å². The third-order valence-electron chi connectivity index (χ3n) is 3.97. The number of fused-ring (bicyclic) bond motifs is 1. The molecule has 1 N–H and O–H groups in total. The van der Waals surface area contributed by atoms with Crippen molar-refractivity contribution in [2.45, 2.75) is 19.4 Å². The van der Waals surface area contributed by atoms with Crippen molar-refractivity contribution >= 4 is 16.9 Å². The molecule has 4 nitrogen and oxygen atoms in total. The molecule has 0 amide bonds. The van der Waals surface area contributed by atoms with Gasteiger partial charge in [0.25, 0.3) is 0 Å². The molecule has 1 aromatic heterocycles. The maximum Gasteiger partial charge on any atom is 0.307 e. The lowest BCUT2D eigenvalue weighted by atomic mass is 10.1. The van der Waals surface area contributed by atoms with Crippen LogP contribution >= 0.6 is 0 Å². The van der Waals surface area contributed by atoms with Crippen LogP contribution in [0.5, 0.6) is 0 Å². The fraction of sp³-hybridized carbons (Fsp3) is 0.400. The first-order valence-corrected chi connectivity index (χ1v) is 6.60. The second-order valence-electron chi connectivity index (χ2n) is 5.18. The first kappa shape index (κ1) is 12.2. The van der Waals surface area contributed by atoms with Crippen LogP contribution in [0, 0.1) is 5.92 Å². The Balaban J connectivity index is 1.80. The Bertz CT molecular complexity index is 571. The number of aliphatic carboxylic acids is 1. The minimum atomic E-state index is -0.695. The van der Waals surface area contributed by atoms with Crippen molar-refractivity contribution in [2.75, 3.05) is 13.1 Å². The summed E-state index contributed by atoms with van der Waals surface area (Å²) in [6.07, 6.45) is 0.722. The van der Waals surface area contributed by atoms with Gasteiger partial charge in [-0.15, -0.1) is 0 Å².